The molecule has 0 aliphatic carbocycles. The molecule has 1 aromatic carbocycles. The standard InChI is InChI=1S/C13H19BrN2O3/c1-9-7-10(2)12(8-11(9)14)16-13(18)15-3-5-19-6-4-17/h7-8,17H,3-6H2,1-2H3,(H2,15,16,18). The Morgan fingerprint density at radius 1 is 1.32 bits per heavy atom. The number of nitrogens with one attached hydrogen (secondary N) is 2. The Kier molecular flexibility index (Phi) is 6.83. The smallest absolute Gasteiger partial charge is 0.319 e. The van der Waals surface area contributed by atoms with Gasteiger partial charge < -0.3 is 20.5 Å². The van der Waals surface area contributed by atoms with E-state index in [9.17, 15) is 4.79 Å². The molecule has 0 saturated heterocycles. The molecule has 106 valence electrons. The lowest BCUT2D eigenvalue weighted by atomic mass is 10.1. The molecule has 2 amide bonds. The predicted molar refractivity (Wildman–Crippen MR) is 78.5 cm³/mol. The number of carbonyl (C=O) groups excluding carboxylic acids is 1. The van der Waals surface area contributed by atoms with Crippen LogP contribution in [0.4, 0.5) is 10.5 Å². The Morgan fingerprint density at radius 3 is 2.74 bits per heavy atom. The van der Waals surface area contributed by atoms with Gasteiger partial charge in [-0.05, 0) is 31.0 Å². The highest BCUT2D eigenvalue weighted by atomic mass is 79.9. The van der Waals surface area contributed by atoms with Crippen LogP contribution in [0.1, 0.15) is 11.1 Å². The second kappa shape index (κ2) is 8.14. The van der Waals surface area contributed by atoms with Crippen molar-refractivity contribution in [1.82, 2.24) is 5.32 Å². The van der Waals surface area contributed by atoms with E-state index in [1.54, 1.807) is 0 Å². The third-order valence-corrected chi connectivity index (χ3v) is 3.38. The molecule has 1 aromatic rings. The van der Waals surface area contributed by atoms with Crippen molar-refractivity contribution in [2.75, 3.05) is 31.7 Å². The molecule has 6 heteroatoms. The number of amides is 2. The Balaban J connectivity index is 2.42. The van der Waals surface area contributed by atoms with E-state index in [1.165, 1.54) is 0 Å². The van der Waals surface area contributed by atoms with E-state index >= 15 is 0 Å². The van der Waals surface area contributed by atoms with Crippen LogP contribution in [-0.2, 0) is 4.74 Å². The number of aliphatic hydroxyl groups excluding tert-OH is 1. The minimum Gasteiger partial charge on any atom is -0.394 e. The van der Waals surface area contributed by atoms with E-state index in [0.29, 0.717) is 13.2 Å². The van der Waals surface area contributed by atoms with Gasteiger partial charge in [0.25, 0.3) is 0 Å². The van der Waals surface area contributed by atoms with Gasteiger partial charge in [-0.3, -0.25) is 0 Å². The van der Waals surface area contributed by atoms with Crippen molar-refractivity contribution in [1.29, 1.82) is 0 Å². The Morgan fingerprint density at radius 2 is 2.05 bits per heavy atom. The lowest BCUT2D eigenvalue weighted by Crippen LogP contribution is -2.32. The molecule has 0 saturated carbocycles. The molecule has 0 unspecified atom stereocenters. The first-order valence-electron chi connectivity index (χ1n) is 6.04. The van der Waals surface area contributed by atoms with Crippen molar-refractivity contribution in [3.05, 3.63) is 27.7 Å². The van der Waals surface area contributed by atoms with E-state index in [0.717, 1.165) is 21.3 Å². The van der Waals surface area contributed by atoms with Crippen LogP contribution >= 0.6 is 15.9 Å². The maximum absolute atomic E-state index is 11.7. The van der Waals surface area contributed by atoms with E-state index in [-0.39, 0.29) is 19.2 Å². The molecule has 0 spiro atoms. The quantitative estimate of drug-likeness (QED) is 0.700. The van der Waals surface area contributed by atoms with Gasteiger partial charge in [0.15, 0.2) is 0 Å². The Labute approximate surface area is 121 Å². The average Bonchev–Trinajstić information content (AvgIpc) is 2.35. The lowest BCUT2D eigenvalue weighted by Gasteiger charge is -2.11. The van der Waals surface area contributed by atoms with Crippen LogP contribution in [-0.4, -0.2) is 37.5 Å². The molecule has 1 rings (SSSR count). The number of aryl methyl sites for hydroxylation is 2. The fourth-order valence-electron chi connectivity index (χ4n) is 1.53. The van der Waals surface area contributed by atoms with Crippen molar-refractivity contribution in [3.63, 3.8) is 0 Å². The van der Waals surface area contributed by atoms with Crippen LogP contribution < -0.4 is 10.6 Å². The molecule has 0 fully saturated rings. The molecule has 0 aliphatic heterocycles. The normalized spacial score (nSPS) is 10.3. The number of hydrogen-bond donors (Lipinski definition) is 3. The van der Waals surface area contributed by atoms with Crippen molar-refractivity contribution >= 4 is 27.6 Å². The van der Waals surface area contributed by atoms with Gasteiger partial charge in [0.1, 0.15) is 0 Å². The molecule has 0 atom stereocenters. The Bertz CT molecular complexity index is 438. The fraction of sp³-hybridized carbons (Fsp3) is 0.462. The van der Waals surface area contributed by atoms with E-state index in [2.05, 4.69) is 26.6 Å². The van der Waals surface area contributed by atoms with Crippen LogP contribution in [0.3, 0.4) is 0 Å². The number of rotatable bonds is 6. The molecule has 0 aliphatic rings. The summed E-state index contributed by atoms with van der Waals surface area (Å²) in [7, 11) is 0. The van der Waals surface area contributed by atoms with Gasteiger partial charge in [-0.15, -0.1) is 0 Å². The third kappa shape index (κ3) is 5.59. The zero-order valence-corrected chi connectivity index (χ0v) is 12.7. The molecule has 0 radical (unpaired) electrons. The minimum absolute atomic E-state index is 0.0111. The van der Waals surface area contributed by atoms with Gasteiger partial charge in [0.05, 0.1) is 19.8 Å². The number of benzene rings is 1. The summed E-state index contributed by atoms with van der Waals surface area (Å²) in [6.45, 7) is 5.00. The summed E-state index contributed by atoms with van der Waals surface area (Å²) in [4.78, 5) is 11.7. The summed E-state index contributed by atoms with van der Waals surface area (Å²) in [5.74, 6) is 0. The monoisotopic (exact) mass is 330 g/mol. The van der Waals surface area contributed by atoms with Crippen molar-refractivity contribution in [3.8, 4) is 0 Å². The van der Waals surface area contributed by atoms with E-state index in [1.807, 2.05) is 26.0 Å². The molecule has 0 aromatic heterocycles. The zero-order chi connectivity index (χ0) is 14.3. The van der Waals surface area contributed by atoms with Gasteiger partial charge in [-0.2, -0.15) is 0 Å². The molecule has 3 N–H and O–H groups in total. The topological polar surface area (TPSA) is 70.6 Å². The first-order valence-corrected chi connectivity index (χ1v) is 6.84. The second-order valence-electron chi connectivity index (χ2n) is 4.13. The number of carbonyl (C=O) groups is 1. The van der Waals surface area contributed by atoms with Crippen LogP contribution in [0.5, 0.6) is 0 Å². The molecular weight excluding hydrogens is 312 g/mol. The van der Waals surface area contributed by atoms with Crippen molar-refractivity contribution in [2.24, 2.45) is 0 Å². The molecule has 5 nitrogen and oxygen atoms in total. The van der Waals surface area contributed by atoms with Crippen molar-refractivity contribution < 1.29 is 14.6 Å². The van der Waals surface area contributed by atoms with Gasteiger partial charge in [-0.1, -0.05) is 22.0 Å². The maximum Gasteiger partial charge on any atom is 0.319 e. The zero-order valence-electron chi connectivity index (χ0n) is 11.1. The first-order chi connectivity index (χ1) is 9.04. The predicted octanol–water partition coefficient (Wildman–Crippen LogP) is 2.20. The number of urea groups is 1. The van der Waals surface area contributed by atoms with Crippen LogP contribution in [0.15, 0.2) is 16.6 Å². The van der Waals surface area contributed by atoms with E-state index < -0.39 is 0 Å². The summed E-state index contributed by atoms with van der Waals surface area (Å²) in [6, 6.07) is 3.61. The van der Waals surface area contributed by atoms with Gasteiger partial charge in [0, 0.05) is 16.7 Å². The van der Waals surface area contributed by atoms with Crippen LogP contribution in [0.25, 0.3) is 0 Å². The number of hydrogen-bond acceptors (Lipinski definition) is 3. The van der Waals surface area contributed by atoms with Crippen LogP contribution in [0, 0.1) is 13.8 Å². The average molecular weight is 331 g/mol. The lowest BCUT2D eigenvalue weighted by molar-refractivity contribution is 0.0950. The summed E-state index contributed by atoms with van der Waals surface area (Å²) in [5.41, 5.74) is 2.90. The number of aliphatic hydroxyl groups is 1. The highest BCUT2D eigenvalue weighted by molar-refractivity contribution is 9.10. The summed E-state index contributed by atoms with van der Waals surface area (Å²) >= 11 is 3.44. The number of halogens is 1. The molecular formula is C13H19BrN2O3. The highest BCUT2D eigenvalue weighted by Crippen LogP contribution is 2.24. The largest absolute Gasteiger partial charge is 0.394 e. The van der Waals surface area contributed by atoms with Gasteiger partial charge in [-0.25, -0.2) is 4.79 Å². The minimum atomic E-state index is -0.272. The summed E-state index contributed by atoms with van der Waals surface area (Å²) in [6.07, 6.45) is 0. The van der Waals surface area contributed by atoms with Crippen molar-refractivity contribution in [2.45, 2.75) is 13.8 Å². The van der Waals surface area contributed by atoms with Gasteiger partial charge >= 0.3 is 6.03 Å². The molecule has 19 heavy (non-hydrogen) atoms. The first kappa shape index (κ1) is 15.9. The van der Waals surface area contributed by atoms with E-state index in [4.69, 9.17) is 9.84 Å². The maximum atomic E-state index is 11.7. The second-order valence-corrected chi connectivity index (χ2v) is 4.99. The van der Waals surface area contributed by atoms with Crippen LogP contribution in [0.2, 0.25) is 0 Å². The highest BCUT2D eigenvalue weighted by Gasteiger charge is 2.06. The molecule has 0 heterocycles. The van der Waals surface area contributed by atoms with Gasteiger partial charge in [0.2, 0.25) is 0 Å². The Hall–Kier alpha value is -1.11. The fourth-order valence-corrected chi connectivity index (χ4v) is 1.87. The number of ether oxygens (including phenoxy) is 1. The number of anilines is 1. The SMILES string of the molecule is Cc1cc(C)c(NC(=O)NCCOCCO)cc1Br. The third-order valence-electron chi connectivity index (χ3n) is 2.52. The summed E-state index contributed by atoms with van der Waals surface area (Å²) in [5, 5.41) is 14.0. The molecule has 0 bridgehead atoms. The summed E-state index contributed by atoms with van der Waals surface area (Å²) < 4.78 is 6.00.